The fourth-order valence-corrected chi connectivity index (χ4v) is 4.07. The number of allylic oxidation sites excluding steroid dienone is 1. The Bertz CT molecular complexity index is 1320. The summed E-state index contributed by atoms with van der Waals surface area (Å²) >= 11 is 0. The van der Waals surface area contributed by atoms with E-state index in [1.807, 2.05) is 79.1 Å². The number of fused-ring (bicyclic) bond motifs is 3. The van der Waals surface area contributed by atoms with Gasteiger partial charge in [-0.3, -0.25) is 9.36 Å². The number of amides is 1. The van der Waals surface area contributed by atoms with Gasteiger partial charge in [0.25, 0.3) is 5.91 Å². The number of nitrogens with one attached hydrogen (secondary N) is 2. The van der Waals surface area contributed by atoms with Crippen LogP contribution >= 0.6 is 0 Å². The molecule has 0 saturated heterocycles. The predicted molar refractivity (Wildman–Crippen MR) is 122 cm³/mol. The summed E-state index contributed by atoms with van der Waals surface area (Å²) in [5.74, 6) is 0.679. The molecule has 0 fully saturated rings. The number of benzene rings is 3. The lowest BCUT2D eigenvalue weighted by molar-refractivity contribution is -0.113. The maximum Gasteiger partial charge on any atom is 0.255 e. The quantitative estimate of drug-likeness (QED) is 0.445. The molecule has 0 aliphatic carbocycles. The van der Waals surface area contributed by atoms with Crippen LogP contribution in [0.1, 0.15) is 24.1 Å². The van der Waals surface area contributed by atoms with Crippen molar-refractivity contribution in [2.75, 3.05) is 10.6 Å². The number of hydrogen-bond donors (Lipinski definition) is 3. The van der Waals surface area contributed by atoms with Crippen molar-refractivity contribution in [3.05, 3.63) is 95.2 Å². The van der Waals surface area contributed by atoms with Crippen LogP contribution in [0.5, 0.6) is 5.75 Å². The Morgan fingerprint density at radius 3 is 2.45 bits per heavy atom. The number of aryl methyl sites for hydroxylation is 1. The molecule has 1 aliphatic rings. The van der Waals surface area contributed by atoms with Gasteiger partial charge in [0.15, 0.2) is 0 Å². The molecule has 1 unspecified atom stereocenters. The van der Waals surface area contributed by atoms with E-state index in [0.29, 0.717) is 11.5 Å². The lowest BCUT2D eigenvalue weighted by Gasteiger charge is -2.30. The van der Waals surface area contributed by atoms with Crippen molar-refractivity contribution in [3.8, 4) is 5.75 Å². The molecule has 31 heavy (non-hydrogen) atoms. The second kappa shape index (κ2) is 7.32. The van der Waals surface area contributed by atoms with Crippen molar-refractivity contribution in [3.63, 3.8) is 0 Å². The molecule has 154 valence electrons. The first-order valence-corrected chi connectivity index (χ1v) is 10.1. The summed E-state index contributed by atoms with van der Waals surface area (Å²) in [7, 11) is 0. The first-order valence-electron chi connectivity index (χ1n) is 10.1. The molecule has 1 aliphatic heterocycles. The summed E-state index contributed by atoms with van der Waals surface area (Å²) in [5, 5.41) is 16.1. The maximum absolute atomic E-state index is 13.5. The lowest BCUT2D eigenvalue weighted by atomic mass is 9.94. The normalized spacial score (nSPS) is 15.5. The van der Waals surface area contributed by atoms with E-state index in [0.717, 1.165) is 33.5 Å². The molecular formula is C25H22N4O2. The van der Waals surface area contributed by atoms with Gasteiger partial charge in [-0.15, -0.1) is 0 Å². The van der Waals surface area contributed by atoms with Crippen molar-refractivity contribution >= 4 is 28.6 Å². The van der Waals surface area contributed by atoms with Gasteiger partial charge >= 0.3 is 0 Å². The third-order valence-corrected chi connectivity index (χ3v) is 5.59. The van der Waals surface area contributed by atoms with E-state index >= 15 is 0 Å². The van der Waals surface area contributed by atoms with Crippen LogP contribution in [0, 0.1) is 6.92 Å². The summed E-state index contributed by atoms with van der Waals surface area (Å²) < 4.78 is 2.04. The zero-order valence-corrected chi connectivity index (χ0v) is 17.3. The number of carbonyl (C=O) groups excluding carboxylic acids is 1. The molecular weight excluding hydrogens is 388 g/mol. The molecule has 6 nitrogen and oxygen atoms in total. The predicted octanol–water partition coefficient (Wildman–Crippen LogP) is 4.98. The van der Waals surface area contributed by atoms with Crippen LogP contribution in [0.2, 0.25) is 0 Å². The molecule has 1 atom stereocenters. The monoisotopic (exact) mass is 410 g/mol. The Hall–Kier alpha value is -4.06. The Morgan fingerprint density at radius 1 is 1.00 bits per heavy atom. The number of imidazole rings is 1. The number of rotatable bonds is 3. The highest BCUT2D eigenvalue weighted by Crippen LogP contribution is 2.39. The number of phenolic OH excluding ortho intramolecular Hbond substituents is 1. The average molecular weight is 410 g/mol. The second-order valence-corrected chi connectivity index (χ2v) is 7.77. The largest absolute Gasteiger partial charge is 0.508 e. The van der Waals surface area contributed by atoms with E-state index in [1.54, 1.807) is 12.1 Å². The highest BCUT2D eigenvalue weighted by Gasteiger charge is 2.34. The maximum atomic E-state index is 13.5. The molecule has 3 N–H and O–H groups in total. The zero-order valence-electron chi connectivity index (χ0n) is 17.3. The molecule has 5 rings (SSSR count). The van der Waals surface area contributed by atoms with Gasteiger partial charge < -0.3 is 15.7 Å². The van der Waals surface area contributed by atoms with E-state index in [2.05, 4.69) is 10.6 Å². The average Bonchev–Trinajstić information content (AvgIpc) is 3.13. The topological polar surface area (TPSA) is 79.2 Å². The van der Waals surface area contributed by atoms with Gasteiger partial charge in [0.05, 0.1) is 22.6 Å². The molecule has 2 heterocycles. The van der Waals surface area contributed by atoms with Crippen LogP contribution in [0.25, 0.3) is 11.0 Å². The number of carbonyl (C=O) groups is 1. The van der Waals surface area contributed by atoms with Crippen LogP contribution in [0.3, 0.4) is 0 Å². The molecule has 1 aromatic heterocycles. The Morgan fingerprint density at radius 2 is 1.71 bits per heavy atom. The van der Waals surface area contributed by atoms with Crippen molar-refractivity contribution < 1.29 is 9.90 Å². The molecule has 4 aromatic rings. The van der Waals surface area contributed by atoms with Crippen LogP contribution in [-0.4, -0.2) is 20.6 Å². The van der Waals surface area contributed by atoms with E-state index in [1.165, 1.54) is 0 Å². The van der Waals surface area contributed by atoms with E-state index in [4.69, 9.17) is 4.98 Å². The van der Waals surface area contributed by atoms with Crippen LogP contribution in [-0.2, 0) is 4.79 Å². The van der Waals surface area contributed by atoms with Crippen molar-refractivity contribution in [1.29, 1.82) is 0 Å². The Balaban J connectivity index is 1.65. The van der Waals surface area contributed by atoms with E-state index < -0.39 is 6.04 Å². The summed E-state index contributed by atoms with van der Waals surface area (Å²) in [6.07, 6.45) is 0. The highest BCUT2D eigenvalue weighted by atomic mass is 16.3. The van der Waals surface area contributed by atoms with Crippen LogP contribution in [0.4, 0.5) is 11.6 Å². The van der Waals surface area contributed by atoms with Gasteiger partial charge in [0.1, 0.15) is 5.75 Å². The minimum absolute atomic E-state index is 0.180. The van der Waals surface area contributed by atoms with Crippen molar-refractivity contribution in [2.45, 2.75) is 19.9 Å². The number of aromatic nitrogens is 2. The number of aromatic hydroxyl groups is 1. The fourth-order valence-electron chi connectivity index (χ4n) is 4.07. The van der Waals surface area contributed by atoms with Crippen LogP contribution < -0.4 is 10.6 Å². The number of hydrogen-bond acceptors (Lipinski definition) is 4. The number of phenols is 1. The minimum Gasteiger partial charge on any atom is -0.508 e. The Labute approximate surface area is 179 Å². The molecule has 0 spiro atoms. The van der Waals surface area contributed by atoms with Gasteiger partial charge in [-0.2, -0.15) is 0 Å². The van der Waals surface area contributed by atoms with Crippen LogP contribution in [0.15, 0.2) is 84.1 Å². The van der Waals surface area contributed by atoms with Gasteiger partial charge in [-0.25, -0.2) is 4.98 Å². The number of anilines is 2. The van der Waals surface area contributed by atoms with Gasteiger partial charge in [0.2, 0.25) is 5.95 Å². The molecule has 0 bridgehead atoms. The SMILES string of the molecule is CC1=C(C(=O)Nc2ccc(C)cc2)C(c2ccc(O)cc2)n2c(nc3ccccc32)N1. The lowest BCUT2D eigenvalue weighted by Crippen LogP contribution is -2.30. The van der Waals surface area contributed by atoms with Gasteiger partial charge in [0, 0.05) is 11.4 Å². The number of nitrogens with zero attached hydrogens (tertiary/aromatic N) is 2. The highest BCUT2D eigenvalue weighted by molar-refractivity contribution is 6.06. The molecule has 6 heteroatoms. The zero-order chi connectivity index (χ0) is 21.5. The summed E-state index contributed by atoms with van der Waals surface area (Å²) in [4.78, 5) is 18.2. The molecule has 3 aromatic carbocycles. The summed E-state index contributed by atoms with van der Waals surface area (Å²) in [6.45, 7) is 3.90. The third kappa shape index (κ3) is 3.32. The van der Waals surface area contributed by atoms with Gasteiger partial charge in [-0.1, -0.05) is 42.0 Å². The minimum atomic E-state index is -0.394. The molecule has 0 radical (unpaired) electrons. The first kappa shape index (κ1) is 18.9. The second-order valence-electron chi connectivity index (χ2n) is 7.77. The van der Waals surface area contributed by atoms with E-state index in [-0.39, 0.29) is 11.7 Å². The van der Waals surface area contributed by atoms with E-state index in [9.17, 15) is 9.90 Å². The summed E-state index contributed by atoms with van der Waals surface area (Å²) in [6, 6.07) is 22.2. The number of para-hydroxylation sites is 2. The first-order chi connectivity index (χ1) is 15.0. The molecule has 0 saturated carbocycles. The van der Waals surface area contributed by atoms with Crippen molar-refractivity contribution in [1.82, 2.24) is 9.55 Å². The fraction of sp³-hybridized carbons (Fsp3) is 0.120. The smallest absolute Gasteiger partial charge is 0.255 e. The Kier molecular flexibility index (Phi) is 4.47. The third-order valence-electron chi connectivity index (χ3n) is 5.59. The summed E-state index contributed by atoms with van der Waals surface area (Å²) in [5.41, 5.74) is 5.87. The van der Waals surface area contributed by atoms with Gasteiger partial charge in [-0.05, 0) is 55.8 Å². The standard InChI is InChI=1S/C25H22N4O2/c1-15-7-11-18(12-8-15)27-24(31)22-16(2)26-25-28-20-5-3-4-6-21(20)29(25)23(22)17-9-13-19(30)14-10-17/h3-14,23,30H,1-2H3,(H,26,28)(H,27,31). The molecule has 1 amide bonds. The van der Waals surface area contributed by atoms with Crippen molar-refractivity contribution in [2.24, 2.45) is 0 Å².